The summed E-state index contributed by atoms with van der Waals surface area (Å²) in [5.74, 6) is -0.241. The highest BCUT2D eigenvalue weighted by atomic mass is 79.9. The van der Waals surface area contributed by atoms with E-state index >= 15 is 0 Å². The van der Waals surface area contributed by atoms with Crippen molar-refractivity contribution < 1.29 is 9.53 Å². The highest BCUT2D eigenvalue weighted by Crippen LogP contribution is 2.23. The first kappa shape index (κ1) is 14.2. The van der Waals surface area contributed by atoms with Crippen molar-refractivity contribution in [3.8, 4) is 0 Å². The van der Waals surface area contributed by atoms with Crippen molar-refractivity contribution in [2.45, 2.75) is 18.2 Å². The summed E-state index contributed by atoms with van der Waals surface area (Å²) in [7, 11) is 0. The van der Waals surface area contributed by atoms with Crippen LogP contribution in [0.15, 0.2) is 30.3 Å². The molecule has 0 fully saturated rings. The van der Waals surface area contributed by atoms with Gasteiger partial charge in [0.05, 0.1) is 0 Å². The topological polar surface area (TPSA) is 38.3 Å². The molecule has 0 aromatic heterocycles. The Kier molecular flexibility index (Phi) is 6.89. The molecule has 1 aromatic carbocycles. The first-order chi connectivity index (χ1) is 8.25. The van der Waals surface area contributed by atoms with Crippen LogP contribution in [0.5, 0.6) is 0 Å². The molecule has 1 aromatic rings. The lowest BCUT2D eigenvalue weighted by Crippen LogP contribution is -2.23. The van der Waals surface area contributed by atoms with Crippen LogP contribution in [0.25, 0.3) is 0 Å². The molecule has 1 N–H and O–H groups in total. The molecule has 17 heavy (non-hydrogen) atoms. The van der Waals surface area contributed by atoms with E-state index < -0.39 is 0 Å². The third-order valence-electron chi connectivity index (χ3n) is 2.25. The Bertz CT molecular complexity index is 329. The van der Waals surface area contributed by atoms with Crippen LogP contribution in [0.2, 0.25) is 0 Å². The van der Waals surface area contributed by atoms with Crippen LogP contribution < -0.4 is 5.32 Å². The van der Waals surface area contributed by atoms with Crippen LogP contribution >= 0.6 is 15.9 Å². The highest BCUT2D eigenvalue weighted by Gasteiger charge is 2.17. The minimum absolute atomic E-state index is 0.241. The second kappa shape index (κ2) is 8.25. The summed E-state index contributed by atoms with van der Waals surface area (Å²) in [4.78, 5) is 11.3. The summed E-state index contributed by atoms with van der Waals surface area (Å²) >= 11 is 3.34. The molecule has 0 amide bonds. The fourth-order valence-corrected chi connectivity index (χ4v) is 1.79. The van der Waals surface area contributed by atoms with Gasteiger partial charge in [0, 0.05) is 6.54 Å². The molecule has 0 saturated carbocycles. The van der Waals surface area contributed by atoms with E-state index in [9.17, 15) is 4.79 Å². The number of carbonyl (C=O) groups excluding carboxylic acids is 1. The monoisotopic (exact) mass is 299 g/mol. The van der Waals surface area contributed by atoms with E-state index in [4.69, 9.17) is 4.74 Å². The van der Waals surface area contributed by atoms with Gasteiger partial charge in [-0.05, 0) is 18.5 Å². The predicted octanol–water partition coefficient (Wildman–Crippen LogP) is 2.67. The minimum atomic E-state index is -0.380. The number of halogens is 1. The van der Waals surface area contributed by atoms with Crippen LogP contribution in [-0.2, 0) is 9.53 Å². The number of hydrogen-bond donors (Lipinski definition) is 1. The fourth-order valence-electron chi connectivity index (χ4n) is 1.36. The zero-order valence-corrected chi connectivity index (χ0v) is 11.6. The Morgan fingerprint density at radius 1 is 1.35 bits per heavy atom. The zero-order chi connectivity index (χ0) is 12.5. The Labute approximate surface area is 111 Å². The third-order valence-corrected chi connectivity index (χ3v) is 3.15. The number of carbonyl (C=O) groups is 1. The van der Waals surface area contributed by atoms with Crippen LogP contribution in [0.3, 0.4) is 0 Å². The van der Waals surface area contributed by atoms with E-state index in [0.29, 0.717) is 13.2 Å². The first-order valence-corrected chi connectivity index (χ1v) is 6.73. The third kappa shape index (κ3) is 5.33. The largest absolute Gasteiger partial charge is 0.463 e. The number of nitrogens with one attached hydrogen (secondary N) is 1. The van der Waals surface area contributed by atoms with Crippen LogP contribution in [0, 0.1) is 0 Å². The van der Waals surface area contributed by atoms with E-state index in [-0.39, 0.29) is 10.8 Å². The average Bonchev–Trinajstić information content (AvgIpc) is 2.38. The van der Waals surface area contributed by atoms with Crippen molar-refractivity contribution in [2.75, 3.05) is 19.7 Å². The molecular formula is C13H18BrNO2. The molecule has 0 radical (unpaired) electrons. The second-order valence-corrected chi connectivity index (χ2v) is 4.61. The summed E-state index contributed by atoms with van der Waals surface area (Å²) < 4.78 is 5.16. The van der Waals surface area contributed by atoms with Gasteiger partial charge in [-0.15, -0.1) is 0 Å². The number of esters is 1. The van der Waals surface area contributed by atoms with E-state index in [0.717, 1.165) is 18.5 Å². The van der Waals surface area contributed by atoms with Crippen molar-refractivity contribution in [3.63, 3.8) is 0 Å². The molecule has 0 aliphatic heterocycles. The Balaban J connectivity index is 2.28. The lowest BCUT2D eigenvalue weighted by Gasteiger charge is -2.10. The van der Waals surface area contributed by atoms with E-state index in [1.807, 2.05) is 30.3 Å². The van der Waals surface area contributed by atoms with Crippen LogP contribution in [0.1, 0.15) is 23.7 Å². The lowest BCUT2D eigenvalue weighted by atomic mass is 10.1. The number of rotatable bonds is 7. The smallest absolute Gasteiger partial charge is 0.324 e. The van der Waals surface area contributed by atoms with Crippen LogP contribution in [-0.4, -0.2) is 25.7 Å². The standard InChI is InChI=1S/C13H18BrNO2/c1-2-8-15-9-10-17-13(16)12(14)11-6-4-3-5-7-11/h3-7,12,15H,2,8-10H2,1H3. The molecule has 0 aliphatic rings. The van der Waals surface area contributed by atoms with Gasteiger partial charge in [-0.3, -0.25) is 4.79 Å². The molecule has 1 unspecified atom stereocenters. The van der Waals surface area contributed by atoms with Gasteiger partial charge in [-0.2, -0.15) is 0 Å². The molecule has 1 rings (SSSR count). The molecule has 3 nitrogen and oxygen atoms in total. The fraction of sp³-hybridized carbons (Fsp3) is 0.462. The van der Waals surface area contributed by atoms with Gasteiger partial charge in [-0.25, -0.2) is 0 Å². The van der Waals surface area contributed by atoms with E-state index in [1.165, 1.54) is 0 Å². The van der Waals surface area contributed by atoms with Crippen LogP contribution in [0.4, 0.5) is 0 Å². The maximum absolute atomic E-state index is 11.7. The number of benzene rings is 1. The quantitative estimate of drug-likeness (QED) is 0.478. The van der Waals surface area contributed by atoms with Gasteiger partial charge in [0.1, 0.15) is 11.4 Å². The van der Waals surface area contributed by atoms with Gasteiger partial charge in [-0.1, -0.05) is 53.2 Å². The normalized spacial score (nSPS) is 12.1. The zero-order valence-electron chi connectivity index (χ0n) is 9.99. The van der Waals surface area contributed by atoms with Crippen molar-refractivity contribution in [3.05, 3.63) is 35.9 Å². The maximum atomic E-state index is 11.7. The summed E-state index contributed by atoms with van der Waals surface area (Å²) in [5.41, 5.74) is 0.916. The Morgan fingerprint density at radius 2 is 2.06 bits per heavy atom. The second-order valence-electron chi connectivity index (χ2n) is 3.69. The van der Waals surface area contributed by atoms with Gasteiger partial charge < -0.3 is 10.1 Å². The Morgan fingerprint density at radius 3 is 2.71 bits per heavy atom. The molecule has 0 saturated heterocycles. The lowest BCUT2D eigenvalue weighted by molar-refractivity contribution is -0.142. The van der Waals surface area contributed by atoms with Gasteiger partial charge >= 0.3 is 5.97 Å². The number of alkyl halides is 1. The van der Waals surface area contributed by atoms with Crippen molar-refractivity contribution in [2.24, 2.45) is 0 Å². The molecule has 0 spiro atoms. The molecule has 0 bridgehead atoms. The highest BCUT2D eigenvalue weighted by molar-refractivity contribution is 9.09. The number of hydrogen-bond acceptors (Lipinski definition) is 3. The summed E-state index contributed by atoms with van der Waals surface area (Å²) in [6.45, 7) is 4.17. The molecular weight excluding hydrogens is 282 g/mol. The summed E-state index contributed by atoms with van der Waals surface area (Å²) in [5, 5.41) is 3.18. The van der Waals surface area contributed by atoms with Crippen molar-refractivity contribution in [1.82, 2.24) is 5.32 Å². The molecule has 94 valence electrons. The van der Waals surface area contributed by atoms with E-state index in [2.05, 4.69) is 28.2 Å². The average molecular weight is 300 g/mol. The molecule has 0 aliphatic carbocycles. The van der Waals surface area contributed by atoms with Crippen molar-refractivity contribution in [1.29, 1.82) is 0 Å². The van der Waals surface area contributed by atoms with E-state index in [1.54, 1.807) is 0 Å². The van der Waals surface area contributed by atoms with Gasteiger partial charge in [0.2, 0.25) is 0 Å². The molecule has 4 heteroatoms. The van der Waals surface area contributed by atoms with Crippen molar-refractivity contribution >= 4 is 21.9 Å². The SMILES string of the molecule is CCCNCCOC(=O)C(Br)c1ccccc1. The summed E-state index contributed by atoms with van der Waals surface area (Å²) in [6, 6.07) is 9.52. The van der Waals surface area contributed by atoms with Gasteiger partial charge in [0.15, 0.2) is 0 Å². The number of ether oxygens (including phenoxy) is 1. The predicted molar refractivity (Wildman–Crippen MR) is 72.2 cm³/mol. The van der Waals surface area contributed by atoms with Gasteiger partial charge in [0.25, 0.3) is 0 Å². The molecule has 0 heterocycles. The maximum Gasteiger partial charge on any atom is 0.324 e. The Hall–Kier alpha value is -0.870. The minimum Gasteiger partial charge on any atom is -0.463 e. The summed E-state index contributed by atoms with van der Waals surface area (Å²) in [6.07, 6.45) is 1.08. The molecule has 1 atom stereocenters. The first-order valence-electron chi connectivity index (χ1n) is 5.82.